The summed E-state index contributed by atoms with van der Waals surface area (Å²) >= 11 is 0. The molecule has 4 atom stereocenters. The fourth-order valence-corrected chi connectivity index (χ4v) is 6.01. The summed E-state index contributed by atoms with van der Waals surface area (Å²) in [4.78, 5) is 65.4. The van der Waals surface area contributed by atoms with Crippen LogP contribution in [-0.4, -0.2) is 84.6 Å². The minimum atomic E-state index is -3.83. The fraction of sp³-hybridized carbons (Fsp3) is 0.654. The molecule has 14 heteroatoms. The molecule has 13 nitrogen and oxygen atoms in total. The van der Waals surface area contributed by atoms with Gasteiger partial charge in [-0.3, -0.25) is 23.9 Å². The van der Waals surface area contributed by atoms with Crippen molar-refractivity contribution in [1.82, 2.24) is 25.6 Å². The van der Waals surface area contributed by atoms with Gasteiger partial charge in [0.25, 0.3) is 5.91 Å². The van der Waals surface area contributed by atoms with Crippen LogP contribution in [0.3, 0.4) is 0 Å². The second-order valence-corrected chi connectivity index (χ2v) is 13.3. The van der Waals surface area contributed by atoms with Crippen molar-refractivity contribution in [3.05, 3.63) is 25.3 Å². The van der Waals surface area contributed by atoms with Gasteiger partial charge in [0.15, 0.2) is 0 Å². The van der Waals surface area contributed by atoms with Gasteiger partial charge in [0.1, 0.15) is 23.2 Å². The van der Waals surface area contributed by atoms with Crippen molar-refractivity contribution in [2.75, 3.05) is 13.1 Å². The molecule has 2 saturated carbocycles. The lowest BCUT2D eigenvalue weighted by atomic mass is 10.1. The second kappa shape index (κ2) is 12.0. The molecule has 0 spiro atoms. The Bertz CT molecular complexity index is 1180. The number of hydrogen-bond acceptors (Lipinski definition) is 8. The Morgan fingerprint density at radius 2 is 1.80 bits per heavy atom. The molecule has 0 unspecified atom stereocenters. The van der Waals surface area contributed by atoms with Crippen molar-refractivity contribution in [2.24, 2.45) is 5.92 Å². The molecule has 0 bridgehead atoms. The lowest BCUT2D eigenvalue weighted by Crippen LogP contribution is -2.58. The Labute approximate surface area is 234 Å². The number of carbonyl (C=O) groups is 5. The van der Waals surface area contributed by atoms with E-state index in [4.69, 9.17) is 4.74 Å². The molecular formula is C26H39N5O8S. The number of amides is 5. The molecule has 4 N–H and O–H groups in total. The summed E-state index contributed by atoms with van der Waals surface area (Å²) in [7, 11) is -3.83. The first-order valence-corrected chi connectivity index (χ1v) is 14.9. The molecule has 3 aliphatic rings. The van der Waals surface area contributed by atoms with Gasteiger partial charge in [0.2, 0.25) is 27.7 Å². The average molecular weight is 582 g/mol. The van der Waals surface area contributed by atoms with Gasteiger partial charge in [0.05, 0.1) is 5.25 Å². The maximum Gasteiger partial charge on any atom is 0.408 e. The van der Waals surface area contributed by atoms with Crippen LogP contribution in [0.4, 0.5) is 4.79 Å². The zero-order valence-electron chi connectivity index (χ0n) is 23.2. The molecule has 5 amide bonds. The summed E-state index contributed by atoms with van der Waals surface area (Å²) in [6.45, 7) is 12.3. The summed E-state index contributed by atoms with van der Waals surface area (Å²) in [5.74, 6) is -2.90. The Morgan fingerprint density at radius 3 is 2.35 bits per heavy atom. The zero-order valence-corrected chi connectivity index (χ0v) is 24.0. The highest BCUT2D eigenvalue weighted by atomic mass is 32.2. The van der Waals surface area contributed by atoms with Crippen molar-refractivity contribution >= 4 is 39.7 Å². The number of carbonyl (C=O) groups excluding carboxylic acids is 5. The molecule has 1 heterocycles. The number of likely N-dealkylation sites (tertiary alicyclic amines) is 1. The monoisotopic (exact) mass is 581 g/mol. The summed E-state index contributed by atoms with van der Waals surface area (Å²) < 4.78 is 32.1. The van der Waals surface area contributed by atoms with Crippen molar-refractivity contribution in [3.8, 4) is 0 Å². The number of sulfonamides is 1. The summed E-state index contributed by atoms with van der Waals surface area (Å²) in [6, 6.07) is -2.06. The smallest absolute Gasteiger partial charge is 0.408 e. The van der Waals surface area contributed by atoms with Crippen LogP contribution in [0, 0.1) is 5.92 Å². The minimum Gasteiger partial charge on any atom is -0.444 e. The maximum absolute atomic E-state index is 13.6. The SMILES string of the molecule is C=CC(=O)NCC[C@H](NC(=O)OC(C)(C)C)C(=O)N1CCC[C@H]1C(=O)N[C@]1(C(=O)NS(=O)(=O)C2CC2)C[C@H]1C=C. The summed E-state index contributed by atoms with van der Waals surface area (Å²) in [6.07, 6.45) is 3.68. The van der Waals surface area contributed by atoms with E-state index in [1.54, 1.807) is 20.8 Å². The predicted octanol–water partition coefficient (Wildman–Crippen LogP) is 0.232. The van der Waals surface area contributed by atoms with Crippen LogP contribution in [0.2, 0.25) is 0 Å². The van der Waals surface area contributed by atoms with Gasteiger partial charge in [-0.2, -0.15) is 0 Å². The van der Waals surface area contributed by atoms with E-state index in [1.807, 2.05) is 0 Å². The zero-order chi connectivity index (χ0) is 29.9. The molecule has 0 aromatic heterocycles. The third-order valence-corrected chi connectivity index (χ3v) is 8.81. The number of rotatable bonds is 12. The third-order valence-electron chi connectivity index (χ3n) is 6.99. The van der Waals surface area contributed by atoms with Gasteiger partial charge in [-0.1, -0.05) is 12.7 Å². The standard InChI is InChI=1S/C26H39N5O8S/c1-6-16-15-26(16,23(35)30-40(37,38)17-10-11-17)29-21(33)19-9-8-14-31(19)22(34)18(12-13-27-20(32)7-2)28-24(36)39-25(3,4)5/h6-7,16-19H,1-2,8-15H2,3-5H3,(H,27,32)(H,28,36)(H,29,33)(H,30,35)/t16-,18+,19+,26-/m1/s1. The fourth-order valence-electron chi connectivity index (χ4n) is 4.64. The minimum absolute atomic E-state index is 0.0202. The molecule has 1 aliphatic heterocycles. The Hall–Kier alpha value is -3.42. The lowest BCUT2D eigenvalue weighted by Gasteiger charge is -2.30. The molecule has 3 fully saturated rings. The van der Waals surface area contributed by atoms with Crippen molar-refractivity contribution in [1.29, 1.82) is 0 Å². The first-order valence-electron chi connectivity index (χ1n) is 13.3. The van der Waals surface area contributed by atoms with E-state index in [-0.39, 0.29) is 25.9 Å². The van der Waals surface area contributed by atoms with Gasteiger partial charge in [-0.15, -0.1) is 6.58 Å². The highest BCUT2D eigenvalue weighted by molar-refractivity contribution is 7.91. The van der Waals surface area contributed by atoms with Crippen LogP contribution in [-0.2, 0) is 33.9 Å². The number of alkyl carbamates (subject to hydrolysis) is 1. The first-order chi connectivity index (χ1) is 18.6. The highest BCUT2D eigenvalue weighted by Gasteiger charge is 2.61. The van der Waals surface area contributed by atoms with Gasteiger partial charge in [-0.25, -0.2) is 13.2 Å². The van der Waals surface area contributed by atoms with Crippen LogP contribution < -0.4 is 20.7 Å². The maximum atomic E-state index is 13.6. The number of ether oxygens (including phenoxy) is 1. The van der Waals surface area contributed by atoms with Crippen molar-refractivity contribution in [3.63, 3.8) is 0 Å². The molecular weight excluding hydrogens is 542 g/mol. The lowest BCUT2D eigenvalue weighted by molar-refractivity contribution is -0.141. The van der Waals surface area contributed by atoms with E-state index < -0.39 is 74.1 Å². The van der Waals surface area contributed by atoms with Gasteiger partial charge in [0, 0.05) is 19.0 Å². The number of nitrogens with zero attached hydrogens (tertiary/aromatic N) is 1. The second-order valence-electron chi connectivity index (χ2n) is 11.4. The summed E-state index contributed by atoms with van der Waals surface area (Å²) in [5.41, 5.74) is -2.29. The van der Waals surface area contributed by atoms with Crippen LogP contribution in [0.1, 0.15) is 59.3 Å². The molecule has 0 aromatic rings. The number of hydrogen-bond donors (Lipinski definition) is 4. The van der Waals surface area contributed by atoms with Crippen molar-refractivity contribution in [2.45, 2.75) is 87.8 Å². The van der Waals surface area contributed by atoms with E-state index in [0.29, 0.717) is 25.7 Å². The third kappa shape index (κ3) is 7.61. The normalized spacial score (nSPS) is 24.7. The Morgan fingerprint density at radius 1 is 1.12 bits per heavy atom. The van der Waals surface area contributed by atoms with Gasteiger partial charge < -0.3 is 25.6 Å². The van der Waals surface area contributed by atoms with Crippen LogP contribution in [0.25, 0.3) is 0 Å². The molecule has 2 aliphatic carbocycles. The first kappa shape index (κ1) is 31.1. The quantitative estimate of drug-likeness (QED) is 0.187. The molecule has 0 aromatic carbocycles. The topological polar surface area (TPSA) is 180 Å². The molecule has 40 heavy (non-hydrogen) atoms. The van der Waals surface area contributed by atoms with Crippen LogP contribution in [0.5, 0.6) is 0 Å². The van der Waals surface area contributed by atoms with E-state index in [2.05, 4.69) is 33.8 Å². The van der Waals surface area contributed by atoms with Crippen molar-refractivity contribution < 1.29 is 37.1 Å². The summed E-state index contributed by atoms with van der Waals surface area (Å²) in [5, 5.41) is 7.17. The number of nitrogens with one attached hydrogen (secondary N) is 4. The molecule has 0 radical (unpaired) electrons. The van der Waals surface area contributed by atoms with E-state index in [9.17, 15) is 32.4 Å². The largest absolute Gasteiger partial charge is 0.444 e. The molecule has 1 saturated heterocycles. The molecule has 3 rings (SSSR count). The van der Waals surface area contributed by atoms with Crippen LogP contribution >= 0.6 is 0 Å². The highest BCUT2D eigenvalue weighted by Crippen LogP contribution is 2.45. The predicted molar refractivity (Wildman–Crippen MR) is 145 cm³/mol. The molecule has 222 valence electrons. The average Bonchev–Trinajstić information content (AvgIpc) is 3.78. The van der Waals surface area contributed by atoms with E-state index in [0.717, 1.165) is 6.08 Å². The Kier molecular flexibility index (Phi) is 9.32. The van der Waals surface area contributed by atoms with Gasteiger partial charge >= 0.3 is 6.09 Å². The van der Waals surface area contributed by atoms with Crippen LogP contribution in [0.15, 0.2) is 25.3 Å². The van der Waals surface area contributed by atoms with E-state index in [1.165, 1.54) is 11.0 Å². The Balaban J connectivity index is 1.73. The van der Waals surface area contributed by atoms with Gasteiger partial charge in [-0.05, 0) is 65.4 Å². The van der Waals surface area contributed by atoms with E-state index >= 15 is 0 Å².